The Bertz CT molecular complexity index is 531. The summed E-state index contributed by atoms with van der Waals surface area (Å²) in [5.74, 6) is 1.52. The van der Waals surface area contributed by atoms with Crippen molar-refractivity contribution >= 4 is 27.5 Å². The van der Waals surface area contributed by atoms with Crippen LogP contribution < -0.4 is 5.32 Å². The summed E-state index contributed by atoms with van der Waals surface area (Å²) < 4.78 is 2.77. The summed E-state index contributed by atoms with van der Waals surface area (Å²) in [7, 11) is 0. The molecule has 4 nitrogen and oxygen atoms in total. The predicted molar refractivity (Wildman–Crippen MR) is 75.8 cm³/mol. The molecule has 0 aromatic carbocycles. The van der Waals surface area contributed by atoms with E-state index in [2.05, 4.69) is 31.3 Å². The van der Waals surface area contributed by atoms with Crippen LogP contribution in [0.4, 0.5) is 5.95 Å². The Hall–Kier alpha value is -1.10. The van der Waals surface area contributed by atoms with E-state index >= 15 is 0 Å². The molecule has 0 saturated heterocycles. The van der Waals surface area contributed by atoms with Crippen LogP contribution in [0.15, 0.2) is 22.8 Å². The van der Waals surface area contributed by atoms with E-state index < -0.39 is 0 Å². The highest BCUT2D eigenvalue weighted by molar-refractivity contribution is 9.10. The molecule has 1 saturated carbocycles. The third-order valence-corrected chi connectivity index (χ3v) is 4.21. The van der Waals surface area contributed by atoms with E-state index in [0.29, 0.717) is 0 Å². The van der Waals surface area contributed by atoms with Gasteiger partial charge >= 0.3 is 0 Å². The Labute approximate surface area is 115 Å². The largest absolute Gasteiger partial charge is 0.353 e. The van der Waals surface area contributed by atoms with Gasteiger partial charge in [0, 0.05) is 12.7 Å². The van der Waals surface area contributed by atoms with Gasteiger partial charge in [0.15, 0.2) is 5.65 Å². The molecule has 5 heteroatoms. The molecule has 0 radical (unpaired) electrons. The lowest BCUT2D eigenvalue weighted by atomic mass is 9.89. The molecular formula is C13H17BrN4. The van der Waals surface area contributed by atoms with Crippen molar-refractivity contribution in [1.29, 1.82) is 0 Å². The molecule has 0 unspecified atom stereocenters. The molecule has 1 aliphatic carbocycles. The van der Waals surface area contributed by atoms with Gasteiger partial charge in [0.25, 0.3) is 0 Å². The average Bonchev–Trinajstić information content (AvgIpc) is 2.82. The van der Waals surface area contributed by atoms with Crippen LogP contribution in [0.2, 0.25) is 0 Å². The summed E-state index contributed by atoms with van der Waals surface area (Å²) >= 11 is 3.49. The normalized spacial score (nSPS) is 17.2. The van der Waals surface area contributed by atoms with Crippen molar-refractivity contribution < 1.29 is 0 Å². The molecule has 96 valence electrons. The Balaban J connectivity index is 1.69. The van der Waals surface area contributed by atoms with Crippen molar-refractivity contribution in [2.45, 2.75) is 32.1 Å². The molecule has 0 amide bonds. The second-order valence-electron chi connectivity index (χ2n) is 4.94. The van der Waals surface area contributed by atoms with Gasteiger partial charge in [-0.2, -0.15) is 4.98 Å². The Morgan fingerprint density at radius 2 is 2.17 bits per heavy atom. The van der Waals surface area contributed by atoms with E-state index in [0.717, 1.165) is 28.5 Å². The van der Waals surface area contributed by atoms with Crippen molar-refractivity contribution in [1.82, 2.24) is 14.6 Å². The zero-order chi connectivity index (χ0) is 12.4. The minimum Gasteiger partial charge on any atom is -0.353 e. The molecule has 18 heavy (non-hydrogen) atoms. The first-order valence-corrected chi connectivity index (χ1v) is 7.37. The van der Waals surface area contributed by atoms with Gasteiger partial charge in [0.2, 0.25) is 5.95 Å². The summed E-state index contributed by atoms with van der Waals surface area (Å²) in [4.78, 5) is 4.49. The first-order valence-electron chi connectivity index (χ1n) is 6.58. The van der Waals surface area contributed by atoms with Crippen LogP contribution in [-0.2, 0) is 0 Å². The summed E-state index contributed by atoms with van der Waals surface area (Å²) in [6.45, 7) is 0.995. The number of rotatable bonds is 3. The van der Waals surface area contributed by atoms with E-state index in [1.54, 1.807) is 4.52 Å². The van der Waals surface area contributed by atoms with Gasteiger partial charge in [-0.25, -0.2) is 4.52 Å². The van der Waals surface area contributed by atoms with Crippen LogP contribution in [0.25, 0.3) is 5.65 Å². The van der Waals surface area contributed by atoms with E-state index in [9.17, 15) is 0 Å². The third kappa shape index (κ3) is 2.51. The van der Waals surface area contributed by atoms with Gasteiger partial charge < -0.3 is 5.32 Å². The van der Waals surface area contributed by atoms with Crippen LogP contribution in [0.1, 0.15) is 32.1 Å². The highest BCUT2D eigenvalue weighted by Crippen LogP contribution is 2.24. The van der Waals surface area contributed by atoms with Crippen LogP contribution >= 0.6 is 15.9 Å². The van der Waals surface area contributed by atoms with E-state index in [1.165, 1.54) is 32.1 Å². The minimum absolute atomic E-state index is 0.729. The average molecular weight is 309 g/mol. The minimum atomic E-state index is 0.729. The molecule has 0 bridgehead atoms. The molecule has 1 aliphatic rings. The third-order valence-electron chi connectivity index (χ3n) is 3.59. The van der Waals surface area contributed by atoms with Crippen LogP contribution in [0.3, 0.4) is 0 Å². The first kappa shape index (κ1) is 12.0. The SMILES string of the molecule is Brc1cccn2nc(NCC3CCCCC3)nc12. The molecular weight excluding hydrogens is 292 g/mol. The number of hydrogen-bond donors (Lipinski definition) is 1. The number of nitrogens with one attached hydrogen (secondary N) is 1. The van der Waals surface area contributed by atoms with Crippen molar-refractivity contribution in [3.8, 4) is 0 Å². The van der Waals surface area contributed by atoms with E-state index in [4.69, 9.17) is 0 Å². The number of halogens is 1. The standard InChI is InChI=1S/C13H17BrN4/c14-11-7-4-8-18-12(11)16-13(17-18)15-9-10-5-2-1-3-6-10/h4,7-8,10H,1-3,5-6,9H2,(H,15,17). The number of pyridine rings is 1. The van der Waals surface area contributed by atoms with Crippen molar-refractivity contribution in [3.05, 3.63) is 22.8 Å². The lowest BCUT2D eigenvalue weighted by Gasteiger charge is -2.21. The quantitative estimate of drug-likeness (QED) is 0.944. The topological polar surface area (TPSA) is 42.2 Å². The number of hydrogen-bond acceptors (Lipinski definition) is 3. The smallest absolute Gasteiger partial charge is 0.243 e. The molecule has 0 spiro atoms. The molecule has 2 aromatic heterocycles. The summed E-state index contributed by atoms with van der Waals surface area (Å²) in [6, 6.07) is 3.94. The molecule has 1 fully saturated rings. The molecule has 2 aromatic rings. The molecule has 1 N–H and O–H groups in total. The fourth-order valence-electron chi connectivity index (χ4n) is 2.58. The van der Waals surface area contributed by atoms with Crippen LogP contribution in [0.5, 0.6) is 0 Å². The maximum atomic E-state index is 4.49. The number of fused-ring (bicyclic) bond motifs is 1. The molecule has 3 rings (SSSR count). The van der Waals surface area contributed by atoms with Crippen LogP contribution in [0, 0.1) is 5.92 Å². The van der Waals surface area contributed by atoms with Gasteiger partial charge in [0.1, 0.15) is 0 Å². The maximum absolute atomic E-state index is 4.49. The van der Waals surface area contributed by atoms with Crippen LogP contribution in [-0.4, -0.2) is 21.1 Å². The van der Waals surface area contributed by atoms with E-state index in [-0.39, 0.29) is 0 Å². The summed E-state index contributed by atoms with van der Waals surface area (Å²) in [5.41, 5.74) is 0.864. The second kappa shape index (κ2) is 5.26. The highest BCUT2D eigenvalue weighted by atomic mass is 79.9. The fourth-order valence-corrected chi connectivity index (χ4v) is 3.00. The van der Waals surface area contributed by atoms with Gasteiger partial charge in [-0.05, 0) is 46.8 Å². The molecule has 0 aliphatic heterocycles. The lowest BCUT2D eigenvalue weighted by Crippen LogP contribution is -2.17. The molecule has 2 heterocycles. The van der Waals surface area contributed by atoms with Gasteiger partial charge in [-0.15, -0.1) is 5.10 Å². The monoisotopic (exact) mass is 308 g/mol. The Kier molecular flexibility index (Phi) is 3.50. The van der Waals surface area contributed by atoms with Crippen molar-refractivity contribution in [2.24, 2.45) is 5.92 Å². The summed E-state index contributed by atoms with van der Waals surface area (Å²) in [6.07, 6.45) is 8.73. The second-order valence-corrected chi connectivity index (χ2v) is 5.80. The first-order chi connectivity index (χ1) is 8.83. The van der Waals surface area contributed by atoms with Gasteiger partial charge in [0.05, 0.1) is 4.47 Å². The number of aromatic nitrogens is 3. The Morgan fingerprint density at radius 1 is 1.33 bits per heavy atom. The summed E-state index contributed by atoms with van der Waals surface area (Å²) in [5, 5.41) is 7.79. The zero-order valence-corrected chi connectivity index (χ0v) is 11.9. The fraction of sp³-hybridized carbons (Fsp3) is 0.538. The zero-order valence-electron chi connectivity index (χ0n) is 10.3. The van der Waals surface area contributed by atoms with Crippen molar-refractivity contribution in [2.75, 3.05) is 11.9 Å². The molecule has 0 atom stereocenters. The lowest BCUT2D eigenvalue weighted by molar-refractivity contribution is 0.373. The Morgan fingerprint density at radius 3 is 2.94 bits per heavy atom. The van der Waals surface area contributed by atoms with Gasteiger partial charge in [-0.3, -0.25) is 0 Å². The highest BCUT2D eigenvalue weighted by Gasteiger charge is 2.14. The van der Waals surface area contributed by atoms with E-state index in [1.807, 2.05) is 18.3 Å². The van der Waals surface area contributed by atoms with Gasteiger partial charge in [-0.1, -0.05) is 19.3 Å². The maximum Gasteiger partial charge on any atom is 0.243 e. The van der Waals surface area contributed by atoms with Crippen molar-refractivity contribution in [3.63, 3.8) is 0 Å². The number of nitrogens with zero attached hydrogens (tertiary/aromatic N) is 3. The predicted octanol–water partition coefficient (Wildman–Crippen LogP) is 3.48. The number of anilines is 1.